The fraction of sp³-hybridized carbons (Fsp3) is 0.217. The van der Waals surface area contributed by atoms with Crippen molar-refractivity contribution in [3.8, 4) is 16.9 Å². The molecule has 0 amide bonds. The molecule has 0 aliphatic rings. The van der Waals surface area contributed by atoms with Crippen molar-refractivity contribution in [3.05, 3.63) is 86.9 Å². The first-order valence-corrected chi connectivity index (χ1v) is 10.5. The summed E-state index contributed by atoms with van der Waals surface area (Å²) in [6.07, 6.45) is 0. The van der Waals surface area contributed by atoms with Gasteiger partial charge in [0, 0.05) is 18.5 Å². The minimum atomic E-state index is -0.110. The van der Waals surface area contributed by atoms with Crippen molar-refractivity contribution in [1.82, 2.24) is 13.9 Å². The molecule has 4 rings (SSSR count). The van der Waals surface area contributed by atoms with Crippen LogP contribution in [0.3, 0.4) is 0 Å². The molecule has 0 saturated heterocycles. The molecule has 0 radical (unpaired) electrons. The Balaban J connectivity index is 1.93. The Kier molecular flexibility index (Phi) is 5.11. The fourth-order valence-corrected chi connectivity index (χ4v) is 4.53. The van der Waals surface area contributed by atoms with Gasteiger partial charge in [-0.15, -0.1) is 11.3 Å². The van der Waals surface area contributed by atoms with E-state index in [2.05, 4.69) is 35.9 Å². The zero-order chi connectivity index (χ0) is 20.5. The van der Waals surface area contributed by atoms with Crippen molar-refractivity contribution in [2.75, 3.05) is 0 Å². The highest BCUT2D eigenvalue weighted by atomic mass is 32.1. The molecule has 2 aromatic heterocycles. The molecule has 2 aromatic carbocycles. The van der Waals surface area contributed by atoms with Crippen molar-refractivity contribution in [1.29, 1.82) is 0 Å². The predicted octanol–water partition coefficient (Wildman–Crippen LogP) is 4.83. The lowest BCUT2D eigenvalue weighted by atomic mass is 10.1. The Morgan fingerprint density at radius 1 is 0.966 bits per heavy atom. The number of benzene rings is 2. The first kappa shape index (κ1) is 19.2. The van der Waals surface area contributed by atoms with Gasteiger partial charge in [-0.3, -0.25) is 9.48 Å². The van der Waals surface area contributed by atoms with Crippen LogP contribution in [0.1, 0.15) is 25.6 Å². The summed E-state index contributed by atoms with van der Waals surface area (Å²) in [5, 5.41) is 2.11. The fourth-order valence-electron chi connectivity index (χ4n) is 3.50. The van der Waals surface area contributed by atoms with Crippen molar-refractivity contribution >= 4 is 17.0 Å². The lowest BCUT2D eigenvalue weighted by Gasteiger charge is -2.12. The average Bonchev–Trinajstić information content (AvgIpc) is 3.25. The van der Waals surface area contributed by atoms with Crippen molar-refractivity contribution in [2.45, 2.75) is 26.8 Å². The summed E-state index contributed by atoms with van der Waals surface area (Å²) in [6, 6.07) is 20.2. The SMILES string of the molecule is Cc1c(N=c2scc(-c3ccccc3)n2C(C)C)c(=O)n(-c2ccccc2)n1C. The quantitative estimate of drug-likeness (QED) is 0.481. The van der Waals surface area contributed by atoms with E-state index in [1.165, 1.54) is 0 Å². The summed E-state index contributed by atoms with van der Waals surface area (Å²) in [6.45, 7) is 6.21. The molecule has 0 saturated carbocycles. The van der Waals surface area contributed by atoms with Gasteiger partial charge in [-0.25, -0.2) is 9.67 Å². The number of hydrogen-bond donors (Lipinski definition) is 0. The van der Waals surface area contributed by atoms with E-state index in [4.69, 9.17) is 4.99 Å². The zero-order valence-electron chi connectivity index (χ0n) is 17.0. The van der Waals surface area contributed by atoms with E-state index in [1.54, 1.807) is 16.0 Å². The minimum absolute atomic E-state index is 0.110. The van der Waals surface area contributed by atoms with Crippen LogP contribution in [0, 0.1) is 6.92 Å². The Morgan fingerprint density at radius 2 is 1.59 bits per heavy atom. The second-order valence-corrected chi connectivity index (χ2v) is 8.09. The molecule has 0 bridgehead atoms. The molecule has 0 aliphatic carbocycles. The summed E-state index contributed by atoms with van der Waals surface area (Å²) >= 11 is 1.56. The molecule has 0 atom stereocenters. The van der Waals surface area contributed by atoms with Gasteiger partial charge in [-0.05, 0) is 38.5 Å². The number of aromatic nitrogens is 3. The summed E-state index contributed by atoms with van der Waals surface area (Å²) in [7, 11) is 1.89. The van der Waals surface area contributed by atoms with E-state index in [0.29, 0.717) is 5.69 Å². The minimum Gasteiger partial charge on any atom is -0.314 e. The lowest BCUT2D eigenvalue weighted by molar-refractivity contribution is 0.591. The van der Waals surface area contributed by atoms with E-state index >= 15 is 0 Å². The van der Waals surface area contributed by atoms with Gasteiger partial charge < -0.3 is 4.57 Å². The smallest absolute Gasteiger partial charge is 0.297 e. The Hall–Kier alpha value is -3.12. The van der Waals surface area contributed by atoms with E-state index in [0.717, 1.165) is 27.4 Å². The van der Waals surface area contributed by atoms with Crippen LogP contribution >= 0.6 is 11.3 Å². The third kappa shape index (κ3) is 3.40. The average molecular weight is 405 g/mol. The molecule has 0 N–H and O–H groups in total. The molecule has 0 aliphatic heterocycles. The van der Waals surface area contributed by atoms with E-state index in [9.17, 15) is 4.79 Å². The van der Waals surface area contributed by atoms with Crippen LogP contribution in [0.4, 0.5) is 5.69 Å². The van der Waals surface area contributed by atoms with Crippen LogP contribution in [0.15, 0.2) is 75.8 Å². The lowest BCUT2D eigenvalue weighted by Crippen LogP contribution is -2.21. The summed E-state index contributed by atoms with van der Waals surface area (Å²) in [5.74, 6) is 0. The molecule has 5 nitrogen and oxygen atoms in total. The van der Waals surface area contributed by atoms with Crippen molar-refractivity contribution in [2.24, 2.45) is 12.0 Å². The van der Waals surface area contributed by atoms with Crippen molar-refractivity contribution in [3.63, 3.8) is 0 Å². The Labute approximate surface area is 173 Å². The van der Waals surface area contributed by atoms with Crippen LogP contribution in [-0.2, 0) is 7.05 Å². The summed E-state index contributed by atoms with van der Waals surface area (Å²) in [4.78, 5) is 18.9. The third-order valence-corrected chi connectivity index (χ3v) is 5.90. The molecule has 4 aromatic rings. The number of rotatable bonds is 4. The van der Waals surface area contributed by atoms with E-state index in [1.807, 2.05) is 67.2 Å². The van der Waals surface area contributed by atoms with Gasteiger partial charge >= 0.3 is 0 Å². The van der Waals surface area contributed by atoms with Crippen molar-refractivity contribution < 1.29 is 0 Å². The molecule has 0 fully saturated rings. The monoisotopic (exact) mass is 404 g/mol. The number of nitrogens with zero attached hydrogens (tertiary/aromatic N) is 4. The summed E-state index contributed by atoms with van der Waals surface area (Å²) in [5.41, 5.74) is 4.29. The van der Waals surface area contributed by atoms with Crippen LogP contribution in [0.25, 0.3) is 16.9 Å². The van der Waals surface area contributed by atoms with Crippen LogP contribution in [-0.4, -0.2) is 13.9 Å². The first-order chi connectivity index (χ1) is 14.0. The number of para-hydroxylation sites is 1. The van der Waals surface area contributed by atoms with Gasteiger partial charge in [0.1, 0.15) is 0 Å². The van der Waals surface area contributed by atoms with E-state index < -0.39 is 0 Å². The molecular weight excluding hydrogens is 380 g/mol. The predicted molar refractivity (Wildman–Crippen MR) is 119 cm³/mol. The maximum Gasteiger partial charge on any atom is 0.297 e. The second-order valence-electron chi connectivity index (χ2n) is 7.26. The van der Waals surface area contributed by atoms with Gasteiger partial charge in [-0.1, -0.05) is 48.5 Å². The summed E-state index contributed by atoms with van der Waals surface area (Å²) < 4.78 is 5.72. The van der Waals surface area contributed by atoms with Crippen LogP contribution in [0.2, 0.25) is 0 Å². The number of thiazole rings is 1. The highest BCUT2D eigenvalue weighted by Gasteiger charge is 2.17. The first-order valence-electron chi connectivity index (χ1n) is 9.63. The Morgan fingerprint density at radius 3 is 2.21 bits per heavy atom. The zero-order valence-corrected chi connectivity index (χ0v) is 17.9. The van der Waals surface area contributed by atoms with Gasteiger partial charge in [0.05, 0.1) is 17.1 Å². The van der Waals surface area contributed by atoms with Crippen LogP contribution < -0.4 is 10.4 Å². The maximum absolute atomic E-state index is 13.2. The molecule has 29 heavy (non-hydrogen) atoms. The standard InChI is InChI=1S/C23H24N4OS/c1-16(2)26-20(18-11-7-5-8-12-18)15-29-23(26)24-21-17(3)25(4)27(22(21)28)19-13-9-6-10-14-19/h5-16H,1-4H3. The Bertz CT molecular complexity index is 1260. The van der Waals surface area contributed by atoms with Gasteiger partial charge in [0.2, 0.25) is 0 Å². The molecule has 148 valence electrons. The highest BCUT2D eigenvalue weighted by Crippen LogP contribution is 2.24. The van der Waals surface area contributed by atoms with E-state index in [-0.39, 0.29) is 11.6 Å². The third-order valence-electron chi connectivity index (χ3n) is 5.06. The number of hydrogen-bond acceptors (Lipinski definition) is 3. The molecule has 0 unspecified atom stereocenters. The van der Waals surface area contributed by atoms with Gasteiger partial charge in [-0.2, -0.15) is 0 Å². The molecular formula is C23H24N4OS. The topological polar surface area (TPSA) is 44.2 Å². The molecule has 2 heterocycles. The second kappa shape index (κ2) is 7.72. The largest absolute Gasteiger partial charge is 0.314 e. The van der Waals surface area contributed by atoms with Crippen LogP contribution in [0.5, 0.6) is 0 Å². The van der Waals surface area contributed by atoms with Gasteiger partial charge in [0.25, 0.3) is 5.56 Å². The molecule has 6 heteroatoms. The van der Waals surface area contributed by atoms with Gasteiger partial charge in [0.15, 0.2) is 10.5 Å². The highest BCUT2D eigenvalue weighted by molar-refractivity contribution is 7.07. The molecule has 0 spiro atoms. The normalized spacial score (nSPS) is 12.1. The maximum atomic E-state index is 13.2.